The normalized spacial score (nSPS) is 20.0. The number of aromatic nitrogens is 1. The molecule has 0 saturated carbocycles. The van der Waals surface area contributed by atoms with Gasteiger partial charge < -0.3 is 14.2 Å². The van der Waals surface area contributed by atoms with Crippen molar-refractivity contribution in [3.63, 3.8) is 0 Å². The number of carbonyl (C=O) groups excluding carboxylic acids is 1. The van der Waals surface area contributed by atoms with Crippen molar-refractivity contribution in [2.45, 2.75) is 6.92 Å². The molecule has 0 bridgehead atoms. The maximum atomic E-state index is 14.5. The van der Waals surface area contributed by atoms with E-state index in [1.165, 1.54) is 25.2 Å². The molecule has 7 rings (SSSR count). The molecule has 0 fully saturated rings. The van der Waals surface area contributed by atoms with Crippen molar-refractivity contribution >= 4 is 61.6 Å². The van der Waals surface area contributed by atoms with Crippen LogP contribution < -0.4 is 9.62 Å². The summed E-state index contributed by atoms with van der Waals surface area (Å²) < 4.78 is 56.6. The molecule has 2 aromatic heterocycles. The first-order valence-corrected chi connectivity index (χ1v) is 16.3. The third-order valence-corrected chi connectivity index (χ3v) is 14.4. The van der Waals surface area contributed by atoms with Gasteiger partial charge in [-0.1, -0.05) is 6.07 Å². The molecule has 7 nitrogen and oxygen atoms in total. The smallest absolute Gasteiger partial charge is 0.255 e. The number of amides is 1. The quantitative estimate of drug-likeness (QED) is 0.260. The lowest BCUT2D eigenvalue weighted by Gasteiger charge is -2.33. The molecule has 2 aliphatic heterocycles. The summed E-state index contributed by atoms with van der Waals surface area (Å²) in [7, 11) is -0.445. The monoisotopic (exact) mass is 591 g/mol. The fraction of sp³-hybridized carbons (Fsp3) is 0.133. The minimum absolute atomic E-state index is 0.122. The number of furan rings is 1. The van der Waals surface area contributed by atoms with Crippen LogP contribution >= 0.6 is 0 Å². The van der Waals surface area contributed by atoms with Crippen LogP contribution in [-0.2, 0) is 18.1 Å². The second-order valence-electron chi connectivity index (χ2n) is 9.88. The summed E-state index contributed by atoms with van der Waals surface area (Å²) in [6.07, 6.45) is 3.66. The van der Waals surface area contributed by atoms with Crippen LogP contribution in [0.25, 0.3) is 43.2 Å². The Hall–Kier alpha value is -4.22. The standard InChI is InChI=1S/C30H23F2N3O4S2/c1-15-12-24-18-13-19-23(38-27(25(19)29(36)33-2)16-8-10-17(31)11-9-16)14-21(18)35(3)41(4,37)40(24)28(15)30-34-26-20(32)6-5-7-22(26)39-30/h5-14H,1-4H3,(H,33,36). The molecule has 0 radical (unpaired) electrons. The van der Waals surface area contributed by atoms with E-state index in [0.717, 1.165) is 16.0 Å². The molecular weight excluding hydrogens is 568 g/mol. The first-order valence-electron chi connectivity index (χ1n) is 12.6. The van der Waals surface area contributed by atoms with Crippen LogP contribution in [0.3, 0.4) is 0 Å². The lowest BCUT2D eigenvalue weighted by Crippen LogP contribution is -2.32. The molecule has 0 aliphatic carbocycles. The lowest BCUT2D eigenvalue weighted by atomic mass is 10.0. The minimum Gasteiger partial charge on any atom is -0.455 e. The van der Waals surface area contributed by atoms with Gasteiger partial charge in [-0.2, -0.15) is 0 Å². The number of anilines is 1. The van der Waals surface area contributed by atoms with Crippen LogP contribution in [0, 0.1) is 11.6 Å². The zero-order valence-corrected chi connectivity index (χ0v) is 24.0. The van der Waals surface area contributed by atoms with E-state index in [-0.39, 0.29) is 17.3 Å². The van der Waals surface area contributed by atoms with Crippen LogP contribution in [0.2, 0.25) is 0 Å². The van der Waals surface area contributed by atoms with E-state index in [2.05, 4.69) is 10.3 Å². The van der Waals surface area contributed by atoms with Gasteiger partial charge in [-0.3, -0.25) is 9.10 Å². The van der Waals surface area contributed by atoms with Gasteiger partial charge in [0.25, 0.3) is 5.91 Å². The van der Waals surface area contributed by atoms with Crippen molar-refractivity contribution in [3.8, 4) is 11.3 Å². The van der Waals surface area contributed by atoms with Gasteiger partial charge in [-0.15, -0.1) is 0 Å². The molecule has 0 saturated heterocycles. The Bertz CT molecular complexity index is 2170. The molecule has 2 aliphatic rings. The average molecular weight is 592 g/mol. The predicted octanol–water partition coefficient (Wildman–Crippen LogP) is 6.48. The summed E-state index contributed by atoms with van der Waals surface area (Å²) in [5.41, 5.74) is 4.03. The number of benzene rings is 3. The summed E-state index contributed by atoms with van der Waals surface area (Å²) >= 11 is 0. The fourth-order valence-corrected chi connectivity index (χ4v) is 12.1. The number of para-hydroxylation sites is 1. The second kappa shape index (κ2) is 8.89. The van der Waals surface area contributed by atoms with Gasteiger partial charge in [0, 0.05) is 47.8 Å². The topological polar surface area (TPSA) is 88.6 Å². The van der Waals surface area contributed by atoms with Gasteiger partial charge in [-0.25, -0.2) is 18.0 Å². The van der Waals surface area contributed by atoms with Gasteiger partial charge >= 0.3 is 0 Å². The van der Waals surface area contributed by atoms with Crippen molar-refractivity contribution in [1.82, 2.24) is 10.3 Å². The van der Waals surface area contributed by atoms with Crippen LogP contribution in [0.4, 0.5) is 14.5 Å². The number of oxazole rings is 1. The largest absolute Gasteiger partial charge is 0.455 e. The third kappa shape index (κ3) is 3.65. The highest BCUT2D eigenvalue weighted by Gasteiger charge is 2.38. The summed E-state index contributed by atoms with van der Waals surface area (Å²) in [6.45, 7) is 1.90. The average Bonchev–Trinajstić information content (AvgIpc) is 3.64. The van der Waals surface area contributed by atoms with E-state index in [9.17, 15) is 17.8 Å². The molecule has 2 unspecified atom stereocenters. The Kier molecular flexibility index (Phi) is 5.58. The van der Waals surface area contributed by atoms with E-state index in [1.807, 2.05) is 19.1 Å². The van der Waals surface area contributed by atoms with E-state index in [4.69, 9.17) is 8.83 Å². The fourth-order valence-electron chi connectivity index (χ4n) is 5.37. The number of carbonyl (C=O) groups is 1. The van der Waals surface area contributed by atoms with Gasteiger partial charge in [0.1, 0.15) is 22.7 Å². The highest BCUT2D eigenvalue weighted by atomic mass is 32.9. The zero-order valence-electron chi connectivity index (χ0n) is 22.4. The number of hydrogen-bond acceptors (Lipinski definition) is 5. The summed E-state index contributed by atoms with van der Waals surface area (Å²) in [6, 6.07) is 13.9. The Morgan fingerprint density at radius 1 is 1.07 bits per heavy atom. The van der Waals surface area contributed by atoms with Gasteiger partial charge in [-0.05, 0) is 70.5 Å². The summed E-state index contributed by atoms with van der Waals surface area (Å²) in [4.78, 5) is 19.1. The van der Waals surface area contributed by atoms with Crippen molar-refractivity contribution in [3.05, 3.63) is 94.9 Å². The van der Waals surface area contributed by atoms with E-state index >= 15 is 0 Å². The molecule has 0 spiro atoms. The van der Waals surface area contributed by atoms with Crippen LogP contribution in [0.1, 0.15) is 28.7 Å². The SMILES string of the molecule is CNC(=O)c1c(-c2ccc(F)cc2)oc2cc3c(cc12)C1=CC(C)=C(c2nc4c(F)cccc4o2)S1=S(C)(=O)N3C. The zero-order chi connectivity index (χ0) is 28.8. The molecule has 208 valence electrons. The van der Waals surface area contributed by atoms with Crippen molar-refractivity contribution < 1.29 is 26.6 Å². The number of nitrogens with zero attached hydrogens (tertiary/aromatic N) is 2. The van der Waals surface area contributed by atoms with E-state index in [1.54, 1.807) is 47.9 Å². The molecule has 1 amide bonds. The lowest BCUT2D eigenvalue weighted by molar-refractivity contribution is 0.0964. The van der Waals surface area contributed by atoms with Crippen molar-refractivity contribution in [2.24, 2.45) is 0 Å². The molecule has 4 heterocycles. The number of nitrogens with one attached hydrogen (secondary N) is 1. The van der Waals surface area contributed by atoms with Crippen LogP contribution in [-0.4, -0.2) is 35.5 Å². The Labute approximate surface area is 235 Å². The van der Waals surface area contributed by atoms with Gasteiger partial charge in [0.15, 0.2) is 11.4 Å². The summed E-state index contributed by atoms with van der Waals surface area (Å²) in [5, 5.41) is 3.25. The molecule has 5 aromatic rings. The molecule has 1 N–H and O–H groups in total. The number of allylic oxidation sites excluding steroid dienone is 2. The van der Waals surface area contributed by atoms with E-state index in [0.29, 0.717) is 44.0 Å². The molecule has 11 heteroatoms. The predicted molar refractivity (Wildman–Crippen MR) is 159 cm³/mol. The molecule has 2 atom stereocenters. The number of hydrogen-bond donors (Lipinski definition) is 1. The first kappa shape index (κ1) is 25.7. The maximum absolute atomic E-state index is 14.5. The Morgan fingerprint density at radius 3 is 2.54 bits per heavy atom. The highest BCUT2D eigenvalue weighted by Crippen LogP contribution is 2.50. The second-order valence-corrected chi connectivity index (χ2v) is 16.1. The van der Waals surface area contributed by atoms with Crippen molar-refractivity contribution in [1.29, 1.82) is 0 Å². The minimum atomic E-state index is -2.75. The molecule has 41 heavy (non-hydrogen) atoms. The number of rotatable bonds is 3. The third-order valence-electron chi connectivity index (χ3n) is 7.43. The van der Waals surface area contributed by atoms with Crippen LogP contribution in [0.15, 0.2) is 75.1 Å². The van der Waals surface area contributed by atoms with Gasteiger partial charge in [0.05, 0.1) is 24.8 Å². The molecule has 3 aromatic carbocycles. The number of fused-ring (bicyclic) bond motifs is 5. The highest BCUT2D eigenvalue weighted by molar-refractivity contribution is 8.55. The molecular formula is C30H23F2N3O4S2. The van der Waals surface area contributed by atoms with Crippen molar-refractivity contribution in [2.75, 3.05) is 24.7 Å². The summed E-state index contributed by atoms with van der Waals surface area (Å²) in [5.74, 6) is -0.701. The first-order chi connectivity index (χ1) is 19.6. The van der Waals surface area contributed by atoms with E-state index < -0.39 is 29.8 Å². The number of halogens is 2. The van der Waals surface area contributed by atoms with Crippen LogP contribution in [0.5, 0.6) is 0 Å². The maximum Gasteiger partial charge on any atom is 0.255 e. The Morgan fingerprint density at radius 2 is 1.83 bits per heavy atom. The Balaban J connectivity index is 1.46. The van der Waals surface area contributed by atoms with Gasteiger partial charge in [0.2, 0.25) is 5.89 Å².